The molecule has 2 aromatic heterocycles. The number of ether oxygens (including phenoxy) is 1. The van der Waals surface area contributed by atoms with Crippen LogP contribution in [0.4, 0.5) is 17.1 Å². The third-order valence-electron chi connectivity index (χ3n) is 5.38. The molecule has 33 heavy (non-hydrogen) atoms. The zero-order valence-electron chi connectivity index (χ0n) is 18.5. The summed E-state index contributed by atoms with van der Waals surface area (Å²) in [5.41, 5.74) is 4.56. The minimum absolute atomic E-state index is 0.0261. The Kier molecular flexibility index (Phi) is 6.35. The van der Waals surface area contributed by atoms with Crippen LogP contribution in [-0.4, -0.2) is 35.9 Å². The van der Waals surface area contributed by atoms with Crippen molar-refractivity contribution < 1.29 is 14.3 Å². The van der Waals surface area contributed by atoms with E-state index in [0.717, 1.165) is 29.7 Å². The Morgan fingerprint density at radius 2 is 1.82 bits per heavy atom. The Hall–Kier alpha value is -4.20. The van der Waals surface area contributed by atoms with Crippen molar-refractivity contribution in [1.82, 2.24) is 9.97 Å². The van der Waals surface area contributed by atoms with Crippen molar-refractivity contribution in [3.8, 4) is 17.0 Å². The van der Waals surface area contributed by atoms with E-state index < -0.39 is 0 Å². The van der Waals surface area contributed by atoms with Crippen LogP contribution < -0.4 is 20.7 Å². The highest BCUT2D eigenvalue weighted by atomic mass is 16.5. The molecule has 1 aliphatic rings. The molecule has 3 aromatic rings. The zero-order chi connectivity index (χ0) is 23.4. The number of nitrogens with zero attached hydrogens (tertiary/aromatic N) is 2. The van der Waals surface area contributed by atoms with Gasteiger partial charge in [-0.3, -0.25) is 14.6 Å². The van der Waals surface area contributed by atoms with E-state index in [1.807, 2.05) is 24.3 Å². The number of rotatable bonds is 8. The van der Waals surface area contributed by atoms with Gasteiger partial charge in [0, 0.05) is 47.6 Å². The molecule has 1 saturated carbocycles. The van der Waals surface area contributed by atoms with Gasteiger partial charge in [-0.1, -0.05) is 12.6 Å². The summed E-state index contributed by atoms with van der Waals surface area (Å²) in [7, 11) is 3.31. The second-order valence-electron chi connectivity index (χ2n) is 7.76. The van der Waals surface area contributed by atoms with Gasteiger partial charge in [0.1, 0.15) is 0 Å². The predicted molar refractivity (Wildman–Crippen MR) is 129 cm³/mol. The van der Waals surface area contributed by atoms with E-state index in [-0.39, 0.29) is 17.7 Å². The van der Waals surface area contributed by atoms with E-state index in [2.05, 4.69) is 32.5 Å². The number of hydrogen-bond acceptors (Lipinski definition) is 6. The number of hydrogen-bond donors (Lipinski definition) is 3. The number of methoxy groups -OCH3 is 1. The van der Waals surface area contributed by atoms with Crippen LogP contribution in [0.2, 0.25) is 0 Å². The summed E-state index contributed by atoms with van der Waals surface area (Å²) in [6.07, 6.45) is 6.74. The molecule has 0 atom stereocenters. The van der Waals surface area contributed by atoms with E-state index in [1.54, 1.807) is 31.6 Å². The number of aromatic nitrogens is 2. The molecular weight excluding hydrogens is 418 g/mol. The second-order valence-corrected chi connectivity index (χ2v) is 7.76. The first kappa shape index (κ1) is 22.0. The molecule has 0 spiro atoms. The van der Waals surface area contributed by atoms with E-state index in [1.165, 1.54) is 13.3 Å². The van der Waals surface area contributed by atoms with Gasteiger partial charge in [-0.25, -0.2) is 4.98 Å². The Balaban J connectivity index is 1.56. The van der Waals surface area contributed by atoms with Crippen LogP contribution in [0.25, 0.3) is 16.7 Å². The number of pyridine rings is 2. The maximum atomic E-state index is 12.9. The lowest BCUT2D eigenvalue weighted by Gasteiger charge is -2.14. The fourth-order valence-electron chi connectivity index (χ4n) is 3.35. The fraction of sp³-hybridized carbons (Fsp3) is 0.200. The van der Waals surface area contributed by atoms with Crippen LogP contribution in [0.3, 0.4) is 0 Å². The van der Waals surface area contributed by atoms with Gasteiger partial charge in [0.2, 0.25) is 11.8 Å². The molecule has 0 bridgehead atoms. The van der Waals surface area contributed by atoms with E-state index >= 15 is 0 Å². The lowest BCUT2D eigenvalue weighted by Crippen LogP contribution is -2.14. The monoisotopic (exact) mass is 443 g/mol. The molecule has 3 N–H and O–H groups in total. The molecule has 1 aromatic carbocycles. The van der Waals surface area contributed by atoms with Gasteiger partial charge in [-0.2, -0.15) is 0 Å². The minimum Gasteiger partial charge on any atom is -0.481 e. The average Bonchev–Trinajstić information content (AvgIpc) is 3.69. The maximum Gasteiger partial charge on any atom is 0.255 e. The molecule has 4 rings (SSSR count). The van der Waals surface area contributed by atoms with Crippen LogP contribution in [0, 0.1) is 5.92 Å². The van der Waals surface area contributed by atoms with Crippen molar-refractivity contribution in [2.45, 2.75) is 12.8 Å². The normalized spacial score (nSPS) is 12.5. The Morgan fingerprint density at radius 1 is 1.00 bits per heavy atom. The van der Waals surface area contributed by atoms with Gasteiger partial charge in [0.15, 0.2) is 0 Å². The number of carbonyl (C=O) groups excluding carboxylic acids is 2. The molecule has 1 fully saturated rings. The van der Waals surface area contributed by atoms with E-state index in [9.17, 15) is 9.59 Å². The number of anilines is 3. The molecule has 0 saturated heterocycles. The van der Waals surface area contributed by atoms with Crippen molar-refractivity contribution in [3.05, 3.63) is 67.1 Å². The lowest BCUT2D eigenvalue weighted by atomic mass is 9.98. The van der Waals surface area contributed by atoms with Crippen LogP contribution in [0.1, 0.15) is 18.4 Å². The number of carbonyl (C=O) groups is 2. The SMILES string of the molecule is C=C(C(=O)Nc1ccc(OC)nc1)c1cc(-c2cncc(NC(=O)C3CC3)c2)ccc1NC. The van der Waals surface area contributed by atoms with Crippen LogP contribution in [0.15, 0.2) is 61.6 Å². The van der Waals surface area contributed by atoms with Crippen molar-refractivity contribution >= 4 is 34.4 Å². The van der Waals surface area contributed by atoms with Crippen molar-refractivity contribution in [1.29, 1.82) is 0 Å². The van der Waals surface area contributed by atoms with Crippen LogP contribution >= 0.6 is 0 Å². The van der Waals surface area contributed by atoms with Crippen molar-refractivity contribution in [2.24, 2.45) is 5.92 Å². The molecule has 0 unspecified atom stereocenters. The highest BCUT2D eigenvalue weighted by Crippen LogP contribution is 2.32. The Labute approximate surface area is 192 Å². The van der Waals surface area contributed by atoms with Crippen LogP contribution in [-0.2, 0) is 9.59 Å². The number of nitrogens with one attached hydrogen (secondary N) is 3. The second kappa shape index (κ2) is 9.52. The quantitative estimate of drug-likeness (QED) is 0.451. The van der Waals surface area contributed by atoms with Gasteiger partial charge in [0.05, 0.1) is 30.9 Å². The Bertz CT molecular complexity index is 1200. The fourth-order valence-corrected chi connectivity index (χ4v) is 3.35. The molecule has 168 valence electrons. The Morgan fingerprint density at radius 3 is 2.48 bits per heavy atom. The maximum absolute atomic E-state index is 12.9. The minimum atomic E-state index is -0.348. The van der Waals surface area contributed by atoms with E-state index in [0.29, 0.717) is 28.4 Å². The smallest absolute Gasteiger partial charge is 0.255 e. The van der Waals surface area contributed by atoms with Gasteiger partial charge in [-0.15, -0.1) is 0 Å². The van der Waals surface area contributed by atoms with Gasteiger partial charge in [0.25, 0.3) is 5.91 Å². The molecule has 0 radical (unpaired) electrons. The predicted octanol–water partition coefficient (Wildman–Crippen LogP) is 4.19. The molecule has 0 aliphatic heterocycles. The van der Waals surface area contributed by atoms with Crippen molar-refractivity contribution in [2.75, 3.05) is 30.1 Å². The summed E-state index contributed by atoms with van der Waals surface area (Å²) in [6.45, 7) is 4.01. The molecule has 8 heteroatoms. The number of benzene rings is 1. The lowest BCUT2D eigenvalue weighted by molar-refractivity contribution is -0.117. The zero-order valence-corrected chi connectivity index (χ0v) is 18.5. The molecule has 1 aliphatic carbocycles. The first-order valence-electron chi connectivity index (χ1n) is 10.6. The summed E-state index contributed by atoms with van der Waals surface area (Å²) >= 11 is 0. The highest BCUT2D eigenvalue weighted by Gasteiger charge is 2.29. The summed E-state index contributed by atoms with van der Waals surface area (Å²) in [6, 6.07) is 10.9. The molecule has 2 amide bonds. The first-order chi connectivity index (χ1) is 16.0. The molecule has 8 nitrogen and oxygen atoms in total. The van der Waals surface area contributed by atoms with Gasteiger partial charge < -0.3 is 20.7 Å². The van der Waals surface area contributed by atoms with Crippen LogP contribution in [0.5, 0.6) is 5.88 Å². The van der Waals surface area contributed by atoms with Gasteiger partial charge in [-0.05, 0) is 42.7 Å². The average molecular weight is 444 g/mol. The summed E-state index contributed by atoms with van der Waals surface area (Å²) in [4.78, 5) is 33.3. The molecular formula is C25H25N5O3. The van der Waals surface area contributed by atoms with Crippen molar-refractivity contribution in [3.63, 3.8) is 0 Å². The highest BCUT2D eigenvalue weighted by molar-refractivity contribution is 6.25. The number of amides is 2. The first-order valence-corrected chi connectivity index (χ1v) is 10.6. The topological polar surface area (TPSA) is 105 Å². The largest absolute Gasteiger partial charge is 0.481 e. The third-order valence-corrected chi connectivity index (χ3v) is 5.38. The summed E-state index contributed by atoms with van der Waals surface area (Å²) in [5, 5.41) is 8.83. The third kappa shape index (κ3) is 5.17. The summed E-state index contributed by atoms with van der Waals surface area (Å²) in [5.74, 6) is 0.247. The molecule has 2 heterocycles. The summed E-state index contributed by atoms with van der Waals surface area (Å²) < 4.78 is 5.04. The standard InChI is InChI=1S/C25H25N5O3/c1-15(24(31)29-19-7-9-23(33-3)28-14-19)21-11-17(6-8-22(21)26-2)18-10-20(13-27-12-18)30-25(32)16-4-5-16/h6-14,16,26H,1,4-5H2,2-3H3,(H,29,31)(H,30,32). The van der Waals surface area contributed by atoms with Gasteiger partial charge >= 0.3 is 0 Å². The van der Waals surface area contributed by atoms with E-state index in [4.69, 9.17) is 4.74 Å².